The Morgan fingerprint density at radius 3 is 2.72 bits per heavy atom. The first-order valence-corrected chi connectivity index (χ1v) is 10.2. The summed E-state index contributed by atoms with van der Waals surface area (Å²) in [6.07, 6.45) is 3.20. The van der Waals surface area contributed by atoms with E-state index in [1.807, 2.05) is 0 Å². The van der Waals surface area contributed by atoms with Crippen molar-refractivity contribution < 1.29 is 19.0 Å². The number of aromatic hydroxyl groups is 1. The molecular weight excluding hydrogens is 441 g/mol. The van der Waals surface area contributed by atoms with Crippen molar-refractivity contribution in [2.75, 3.05) is 25.5 Å². The van der Waals surface area contributed by atoms with Crippen LogP contribution in [0.5, 0.6) is 5.75 Å². The molecule has 0 radical (unpaired) electrons. The van der Waals surface area contributed by atoms with E-state index in [0.29, 0.717) is 22.8 Å². The van der Waals surface area contributed by atoms with E-state index < -0.39 is 5.97 Å². The number of methoxy groups -OCH3 is 1. The number of ether oxygens (including phenoxy) is 1. The number of nitrogens with one attached hydrogen (secondary N) is 1. The van der Waals surface area contributed by atoms with E-state index in [4.69, 9.17) is 4.74 Å². The van der Waals surface area contributed by atoms with Gasteiger partial charge in [-0.2, -0.15) is 0 Å². The normalized spacial score (nSPS) is 14.6. The van der Waals surface area contributed by atoms with Crippen molar-refractivity contribution in [1.82, 2.24) is 4.90 Å². The van der Waals surface area contributed by atoms with Crippen molar-refractivity contribution in [2.24, 2.45) is 4.99 Å². The number of rotatable bonds is 4. The predicted octanol–water partition coefficient (Wildman–Crippen LogP) is 4.53. The smallest absolute Gasteiger partial charge is 0.337 e. The lowest BCUT2D eigenvalue weighted by Crippen LogP contribution is -2.40. The number of likely N-dealkylation sites (tertiary alicyclic amines) is 1. The minimum atomic E-state index is -0.499. The quantitative estimate of drug-likeness (QED) is 0.301. The number of aliphatic imine (C=N–C) groups is 1. The highest BCUT2D eigenvalue weighted by molar-refractivity contribution is 9.10. The summed E-state index contributed by atoms with van der Waals surface area (Å²) in [4.78, 5) is 18.5. The summed E-state index contributed by atoms with van der Waals surface area (Å²) in [5.41, 5.74) is 1.11. The third-order valence-corrected chi connectivity index (χ3v) is 5.22. The van der Waals surface area contributed by atoms with Gasteiger partial charge in [-0.05, 0) is 55.7 Å². The fraction of sp³-hybridized carbons (Fsp3) is 0.333. The molecule has 0 spiro atoms. The molecule has 2 aromatic carbocycles. The number of hydrogen-bond donors (Lipinski definition) is 2. The Balaban J connectivity index is 1.90. The third-order valence-electron chi connectivity index (χ3n) is 4.73. The zero-order valence-corrected chi connectivity index (χ0v) is 17.7. The van der Waals surface area contributed by atoms with Gasteiger partial charge in [-0.15, -0.1) is 0 Å². The van der Waals surface area contributed by atoms with Crippen LogP contribution >= 0.6 is 15.9 Å². The summed E-state index contributed by atoms with van der Waals surface area (Å²) >= 11 is 3.35. The Labute approximate surface area is 177 Å². The third kappa shape index (κ3) is 5.47. The fourth-order valence-electron chi connectivity index (χ4n) is 3.15. The lowest BCUT2D eigenvalue weighted by molar-refractivity contribution is 0.0601. The maximum absolute atomic E-state index is 14.1. The first-order valence-electron chi connectivity index (χ1n) is 9.39. The Morgan fingerprint density at radius 2 is 2.00 bits per heavy atom. The molecule has 1 aliphatic rings. The van der Waals surface area contributed by atoms with Gasteiger partial charge in [0.25, 0.3) is 0 Å². The maximum atomic E-state index is 14.1. The number of halogens is 2. The van der Waals surface area contributed by atoms with E-state index in [0.717, 1.165) is 36.8 Å². The Kier molecular flexibility index (Phi) is 7.09. The van der Waals surface area contributed by atoms with Crippen LogP contribution in [0.4, 0.5) is 10.1 Å². The number of nitrogens with zero attached hydrogens (tertiary/aromatic N) is 2. The minimum Gasteiger partial charge on any atom is -0.506 e. The highest BCUT2D eigenvalue weighted by atomic mass is 79.9. The molecule has 0 atom stereocenters. The van der Waals surface area contributed by atoms with Crippen LogP contribution in [0.25, 0.3) is 0 Å². The summed E-state index contributed by atoms with van der Waals surface area (Å²) in [6.45, 7) is 1.76. The van der Waals surface area contributed by atoms with E-state index in [1.165, 1.54) is 31.4 Å². The van der Waals surface area contributed by atoms with Gasteiger partial charge in [0.2, 0.25) is 0 Å². The van der Waals surface area contributed by atoms with Crippen LogP contribution in [0.15, 0.2) is 45.9 Å². The maximum Gasteiger partial charge on any atom is 0.337 e. The standard InChI is InChI=1S/C21H23BrFN3O3/c1-29-20(28)14-5-8-19(27)18(12-14)25-21(26-9-3-2-4-10-26)24-13-15-11-16(22)6-7-17(15)23/h5-8,11-12,27H,2-4,9-10,13H2,1H3,(H,24,25). The molecule has 8 heteroatoms. The molecule has 0 amide bonds. The highest BCUT2D eigenvalue weighted by Gasteiger charge is 2.18. The number of esters is 1. The Hall–Kier alpha value is -2.61. The molecule has 0 saturated carbocycles. The van der Waals surface area contributed by atoms with Gasteiger partial charge in [0, 0.05) is 23.1 Å². The number of carbonyl (C=O) groups is 1. The molecule has 154 valence electrons. The molecule has 0 aromatic heterocycles. The van der Waals surface area contributed by atoms with Gasteiger partial charge in [0.05, 0.1) is 24.9 Å². The molecule has 1 aliphatic heterocycles. The van der Waals surface area contributed by atoms with Crippen molar-refractivity contribution in [1.29, 1.82) is 0 Å². The van der Waals surface area contributed by atoms with Gasteiger partial charge in [-0.25, -0.2) is 14.2 Å². The average molecular weight is 464 g/mol. The van der Waals surface area contributed by atoms with Gasteiger partial charge >= 0.3 is 5.97 Å². The molecule has 2 N–H and O–H groups in total. The molecule has 29 heavy (non-hydrogen) atoms. The van der Waals surface area contributed by atoms with Gasteiger partial charge in [0.1, 0.15) is 11.6 Å². The Bertz CT molecular complexity index is 914. The fourth-order valence-corrected chi connectivity index (χ4v) is 3.56. The highest BCUT2D eigenvalue weighted by Crippen LogP contribution is 2.26. The topological polar surface area (TPSA) is 74.2 Å². The van der Waals surface area contributed by atoms with Crippen molar-refractivity contribution >= 4 is 33.5 Å². The first-order chi connectivity index (χ1) is 14.0. The van der Waals surface area contributed by atoms with Crippen molar-refractivity contribution in [3.63, 3.8) is 0 Å². The molecule has 0 unspecified atom stereocenters. The number of guanidine groups is 1. The van der Waals surface area contributed by atoms with E-state index in [2.05, 4.69) is 31.1 Å². The van der Waals surface area contributed by atoms with Crippen molar-refractivity contribution in [3.8, 4) is 5.75 Å². The number of piperidine rings is 1. The molecule has 6 nitrogen and oxygen atoms in total. The van der Waals surface area contributed by atoms with Crippen LogP contribution in [0.2, 0.25) is 0 Å². The molecule has 1 fully saturated rings. The molecule has 1 heterocycles. The second kappa shape index (κ2) is 9.73. The number of hydrogen-bond acceptors (Lipinski definition) is 4. The summed E-state index contributed by atoms with van der Waals surface area (Å²) < 4.78 is 19.6. The van der Waals surface area contributed by atoms with Crippen LogP contribution in [-0.2, 0) is 11.3 Å². The lowest BCUT2D eigenvalue weighted by Gasteiger charge is -2.30. The number of anilines is 1. The van der Waals surface area contributed by atoms with Crippen LogP contribution in [-0.4, -0.2) is 42.1 Å². The zero-order chi connectivity index (χ0) is 20.8. The van der Waals surface area contributed by atoms with Gasteiger partial charge < -0.3 is 20.1 Å². The lowest BCUT2D eigenvalue weighted by atomic mass is 10.1. The van der Waals surface area contributed by atoms with E-state index >= 15 is 0 Å². The first kappa shape index (κ1) is 21.1. The minimum absolute atomic E-state index is 0.0176. The Morgan fingerprint density at radius 1 is 1.24 bits per heavy atom. The monoisotopic (exact) mass is 463 g/mol. The van der Waals surface area contributed by atoms with E-state index in [-0.39, 0.29) is 18.1 Å². The van der Waals surface area contributed by atoms with Crippen molar-refractivity contribution in [3.05, 3.63) is 57.8 Å². The van der Waals surface area contributed by atoms with Crippen LogP contribution in [0.1, 0.15) is 35.2 Å². The van der Waals surface area contributed by atoms with Crippen LogP contribution in [0, 0.1) is 5.82 Å². The molecule has 0 bridgehead atoms. The second-order valence-corrected chi connectivity index (χ2v) is 7.69. The predicted molar refractivity (Wildman–Crippen MR) is 114 cm³/mol. The van der Waals surface area contributed by atoms with Crippen LogP contribution in [0.3, 0.4) is 0 Å². The molecule has 2 aromatic rings. The number of benzene rings is 2. The molecule has 3 rings (SSSR count). The molecule has 0 aliphatic carbocycles. The van der Waals surface area contributed by atoms with Gasteiger partial charge in [0.15, 0.2) is 5.96 Å². The number of phenolic OH excluding ortho intramolecular Hbond substituents is 1. The summed E-state index contributed by atoms with van der Waals surface area (Å²) in [5, 5.41) is 13.4. The van der Waals surface area contributed by atoms with E-state index in [1.54, 1.807) is 12.1 Å². The van der Waals surface area contributed by atoms with Crippen molar-refractivity contribution in [2.45, 2.75) is 25.8 Å². The molecule has 1 saturated heterocycles. The largest absolute Gasteiger partial charge is 0.506 e. The second-order valence-electron chi connectivity index (χ2n) is 6.77. The summed E-state index contributed by atoms with van der Waals surface area (Å²) in [6, 6.07) is 9.16. The zero-order valence-electron chi connectivity index (χ0n) is 16.1. The average Bonchev–Trinajstić information content (AvgIpc) is 2.74. The SMILES string of the molecule is COC(=O)c1ccc(O)c(NC(=NCc2cc(Br)ccc2F)N2CCCCC2)c1. The van der Waals surface area contributed by atoms with Crippen LogP contribution < -0.4 is 5.32 Å². The number of carbonyl (C=O) groups excluding carboxylic acids is 1. The summed E-state index contributed by atoms with van der Waals surface area (Å²) in [7, 11) is 1.30. The summed E-state index contributed by atoms with van der Waals surface area (Å²) in [5.74, 6) is -0.316. The van der Waals surface area contributed by atoms with Gasteiger partial charge in [-0.1, -0.05) is 15.9 Å². The molecular formula is C21H23BrFN3O3. The van der Waals surface area contributed by atoms with E-state index in [9.17, 15) is 14.3 Å². The number of phenols is 1. The van der Waals surface area contributed by atoms with Gasteiger partial charge in [-0.3, -0.25) is 0 Å².